The van der Waals surface area contributed by atoms with Gasteiger partial charge in [-0.25, -0.2) is 9.07 Å². The maximum atomic E-state index is 13.8. The average molecular weight is 439 g/mol. The Kier molecular flexibility index (Phi) is 6.27. The second kappa shape index (κ2) is 8.94. The zero-order valence-corrected chi connectivity index (χ0v) is 17.1. The van der Waals surface area contributed by atoms with E-state index in [4.69, 9.17) is 0 Å². The zero-order chi connectivity index (χ0) is 22.0. The molecule has 1 aromatic carbocycles. The molecule has 0 bridgehead atoms. The molecule has 0 atom stereocenters. The molecule has 1 aliphatic carbocycles. The summed E-state index contributed by atoms with van der Waals surface area (Å²) in [6.07, 6.45) is 1.41. The molecule has 1 amide bonds. The minimum absolute atomic E-state index is 0.0161. The van der Waals surface area contributed by atoms with Gasteiger partial charge in [0.1, 0.15) is 5.82 Å². The number of benzene rings is 1. The molecule has 1 aliphatic heterocycles. The van der Waals surface area contributed by atoms with Crippen molar-refractivity contribution in [2.24, 2.45) is 5.92 Å². The first-order chi connectivity index (χ1) is 14.8. The van der Waals surface area contributed by atoms with Gasteiger partial charge in [-0.05, 0) is 43.0 Å². The first kappa shape index (κ1) is 21.7. The number of halogens is 4. The van der Waals surface area contributed by atoms with Crippen LogP contribution in [0, 0.1) is 11.7 Å². The SMILES string of the molecule is O=C(c1nnn(-c2ccc(F)cc2)c1C(F)(F)F)N1CCN(CC2CCCCC2)CC1. The van der Waals surface area contributed by atoms with E-state index >= 15 is 0 Å². The third-order valence-corrected chi connectivity index (χ3v) is 6.11. The first-order valence-corrected chi connectivity index (χ1v) is 10.6. The molecule has 168 valence electrons. The van der Waals surface area contributed by atoms with Crippen molar-refractivity contribution in [3.8, 4) is 5.69 Å². The van der Waals surface area contributed by atoms with E-state index in [0.717, 1.165) is 30.8 Å². The maximum absolute atomic E-state index is 13.8. The predicted molar refractivity (Wildman–Crippen MR) is 105 cm³/mol. The lowest BCUT2D eigenvalue weighted by Crippen LogP contribution is -2.50. The lowest BCUT2D eigenvalue weighted by molar-refractivity contribution is -0.143. The summed E-state index contributed by atoms with van der Waals surface area (Å²) in [5.74, 6) is -0.693. The molecular weight excluding hydrogens is 414 g/mol. The number of carbonyl (C=O) groups is 1. The van der Waals surface area contributed by atoms with Crippen LogP contribution in [-0.2, 0) is 6.18 Å². The van der Waals surface area contributed by atoms with Crippen LogP contribution in [0.15, 0.2) is 24.3 Å². The Bertz CT molecular complexity index is 897. The van der Waals surface area contributed by atoms with Gasteiger partial charge in [-0.15, -0.1) is 5.10 Å². The summed E-state index contributed by atoms with van der Waals surface area (Å²) in [5.41, 5.74) is -1.98. The number of hydrogen-bond donors (Lipinski definition) is 0. The van der Waals surface area contributed by atoms with Crippen molar-refractivity contribution in [3.05, 3.63) is 41.5 Å². The Balaban J connectivity index is 1.48. The quantitative estimate of drug-likeness (QED) is 0.681. The Morgan fingerprint density at radius 1 is 1.00 bits per heavy atom. The molecular formula is C21H25F4N5O. The summed E-state index contributed by atoms with van der Waals surface area (Å²) >= 11 is 0. The van der Waals surface area contributed by atoms with Crippen LogP contribution in [0.4, 0.5) is 17.6 Å². The van der Waals surface area contributed by atoms with Gasteiger partial charge in [-0.3, -0.25) is 9.69 Å². The van der Waals surface area contributed by atoms with Crippen LogP contribution >= 0.6 is 0 Å². The van der Waals surface area contributed by atoms with E-state index in [1.165, 1.54) is 37.0 Å². The normalized spacial score (nSPS) is 19.0. The largest absolute Gasteiger partial charge is 0.435 e. The minimum Gasteiger partial charge on any atom is -0.335 e. The number of aromatic nitrogens is 3. The van der Waals surface area contributed by atoms with Crippen molar-refractivity contribution in [2.45, 2.75) is 38.3 Å². The monoisotopic (exact) mass is 439 g/mol. The van der Waals surface area contributed by atoms with Gasteiger partial charge in [0.2, 0.25) is 0 Å². The van der Waals surface area contributed by atoms with Gasteiger partial charge in [-0.2, -0.15) is 13.2 Å². The summed E-state index contributed by atoms with van der Waals surface area (Å²) in [4.78, 5) is 16.6. The molecule has 2 heterocycles. The van der Waals surface area contributed by atoms with E-state index < -0.39 is 29.3 Å². The number of alkyl halides is 3. The fourth-order valence-electron chi connectivity index (χ4n) is 4.46. The summed E-state index contributed by atoms with van der Waals surface area (Å²) < 4.78 is 55.1. The number of rotatable bonds is 4. The number of hydrogen-bond acceptors (Lipinski definition) is 4. The van der Waals surface area contributed by atoms with E-state index in [-0.39, 0.29) is 5.69 Å². The molecule has 1 aromatic heterocycles. The van der Waals surface area contributed by atoms with E-state index in [0.29, 0.717) is 36.8 Å². The van der Waals surface area contributed by atoms with Gasteiger partial charge in [-0.1, -0.05) is 24.5 Å². The van der Waals surface area contributed by atoms with Gasteiger partial charge < -0.3 is 4.90 Å². The van der Waals surface area contributed by atoms with Gasteiger partial charge in [0.15, 0.2) is 11.4 Å². The number of piperazine rings is 1. The first-order valence-electron chi connectivity index (χ1n) is 10.6. The van der Waals surface area contributed by atoms with Crippen LogP contribution in [0.25, 0.3) is 5.69 Å². The topological polar surface area (TPSA) is 54.3 Å². The molecule has 31 heavy (non-hydrogen) atoms. The van der Waals surface area contributed by atoms with Crippen molar-refractivity contribution < 1.29 is 22.4 Å². The molecule has 1 saturated heterocycles. The van der Waals surface area contributed by atoms with Gasteiger partial charge in [0.05, 0.1) is 5.69 Å². The van der Waals surface area contributed by atoms with Crippen molar-refractivity contribution >= 4 is 5.91 Å². The summed E-state index contributed by atoms with van der Waals surface area (Å²) in [5, 5.41) is 7.12. The van der Waals surface area contributed by atoms with Gasteiger partial charge in [0.25, 0.3) is 5.91 Å². The van der Waals surface area contributed by atoms with E-state index in [1.54, 1.807) is 0 Å². The van der Waals surface area contributed by atoms with E-state index in [9.17, 15) is 22.4 Å². The molecule has 0 radical (unpaired) electrons. The fraction of sp³-hybridized carbons (Fsp3) is 0.571. The Morgan fingerprint density at radius 3 is 2.26 bits per heavy atom. The second-order valence-corrected chi connectivity index (χ2v) is 8.27. The standard InChI is InChI=1S/C21H25F4N5O/c22-16-6-8-17(9-7-16)30-19(21(23,24)25)18(26-27-30)20(31)29-12-10-28(11-13-29)14-15-4-2-1-3-5-15/h6-9,15H,1-5,10-14H2. The molecule has 2 fully saturated rings. The maximum Gasteiger partial charge on any atom is 0.435 e. The molecule has 6 nitrogen and oxygen atoms in total. The van der Waals surface area contributed by atoms with Crippen LogP contribution in [0.1, 0.15) is 48.3 Å². The highest BCUT2D eigenvalue weighted by Crippen LogP contribution is 2.33. The molecule has 2 aromatic rings. The highest BCUT2D eigenvalue weighted by Gasteiger charge is 2.43. The third kappa shape index (κ3) is 4.89. The van der Waals surface area contributed by atoms with Gasteiger partial charge in [0, 0.05) is 32.7 Å². The molecule has 0 N–H and O–H groups in total. The van der Waals surface area contributed by atoms with Crippen molar-refractivity contribution in [2.75, 3.05) is 32.7 Å². The van der Waals surface area contributed by atoms with Crippen LogP contribution < -0.4 is 0 Å². The zero-order valence-electron chi connectivity index (χ0n) is 17.1. The number of carbonyl (C=O) groups excluding carboxylic acids is 1. The van der Waals surface area contributed by atoms with E-state index in [2.05, 4.69) is 15.2 Å². The highest BCUT2D eigenvalue weighted by atomic mass is 19.4. The fourth-order valence-corrected chi connectivity index (χ4v) is 4.46. The summed E-state index contributed by atoms with van der Waals surface area (Å²) in [6.45, 7) is 2.96. The van der Waals surface area contributed by atoms with Crippen LogP contribution in [0.3, 0.4) is 0 Å². The van der Waals surface area contributed by atoms with Crippen molar-refractivity contribution in [1.82, 2.24) is 24.8 Å². The third-order valence-electron chi connectivity index (χ3n) is 6.11. The van der Waals surface area contributed by atoms with Crippen molar-refractivity contribution in [1.29, 1.82) is 0 Å². The van der Waals surface area contributed by atoms with Crippen LogP contribution in [-0.4, -0.2) is 63.4 Å². The highest BCUT2D eigenvalue weighted by molar-refractivity contribution is 5.93. The summed E-state index contributed by atoms with van der Waals surface area (Å²) in [6, 6.07) is 4.39. The lowest BCUT2D eigenvalue weighted by Gasteiger charge is -2.37. The molecule has 10 heteroatoms. The van der Waals surface area contributed by atoms with Crippen LogP contribution in [0.5, 0.6) is 0 Å². The number of nitrogens with zero attached hydrogens (tertiary/aromatic N) is 5. The molecule has 2 aliphatic rings. The minimum atomic E-state index is -4.84. The smallest absolute Gasteiger partial charge is 0.335 e. The molecule has 0 unspecified atom stereocenters. The van der Waals surface area contributed by atoms with Crippen LogP contribution in [0.2, 0.25) is 0 Å². The van der Waals surface area contributed by atoms with E-state index in [1.807, 2.05) is 0 Å². The van der Waals surface area contributed by atoms with Gasteiger partial charge >= 0.3 is 6.18 Å². The average Bonchev–Trinajstić information content (AvgIpc) is 3.21. The summed E-state index contributed by atoms with van der Waals surface area (Å²) in [7, 11) is 0. The Hall–Kier alpha value is -2.49. The Labute approximate surface area is 177 Å². The molecule has 0 spiro atoms. The lowest BCUT2D eigenvalue weighted by atomic mass is 9.89. The molecule has 1 saturated carbocycles. The predicted octanol–water partition coefficient (Wildman–Crippen LogP) is 3.76. The number of amides is 1. The Morgan fingerprint density at radius 2 is 1.65 bits per heavy atom. The van der Waals surface area contributed by atoms with Crippen molar-refractivity contribution in [3.63, 3.8) is 0 Å². The molecule has 4 rings (SSSR count). The second-order valence-electron chi connectivity index (χ2n) is 8.27.